The minimum Gasteiger partial charge on any atom is -0.478 e. The summed E-state index contributed by atoms with van der Waals surface area (Å²) in [6.45, 7) is -0.0112. The molecule has 1 N–H and O–H groups in total. The van der Waals surface area contributed by atoms with E-state index in [1.54, 1.807) is 0 Å². The van der Waals surface area contributed by atoms with Gasteiger partial charge in [-0.3, -0.25) is 9.69 Å². The summed E-state index contributed by atoms with van der Waals surface area (Å²) in [7, 11) is 0. The quantitative estimate of drug-likeness (QED) is 0.530. The number of carbonyl (C=O) groups excluding carboxylic acids is 1. The number of benzene rings is 2. The second-order valence-corrected chi connectivity index (χ2v) is 7.77. The summed E-state index contributed by atoms with van der Waals surface area (Å²) in [5.74, 6) is -3.23. The molecule has 33 heavy (non-hydrogen) atoms. The van der Waals surface area contributed by atoms with Gasteiger partial charge in [0.1, 0.15) is 5.82 Å². The summed E-state index contributed by atoms with van der Waals surface area (Å²) >= 11 is 5.43. The van der Waals surface area contributed by atoms with Gasteiger partial charge in [0, 0.05) is 18.7 Å². The third-order valence-electron chi connectivity index (χ3n) is 5.54. The first-order chi connectivity index (χ1) is 15.5. The van der Waals surface area contributed by atoms with Crippen LogP contribution in [0.25, 0.3) is 0 Å². The minimum atomic E-state index is -4.85. The third kappa shape index (κ3) is 3.49. The number of amides is 1. The van der Waals surface area contributed by atoms with E-state index in [1.807, 2.05) is 0 Å². The van der Waals surface area contributed by atoms with Crippen LogP contribution in [0.4, 0.5) is 28.9 Å². The van der Waals surface area contributed by atoms with E-state index < -0.39 is 46.1 Å². The Balaban J connectivity index is 1.85. The molecule has 2 aliphatic heterocycles. The molecule has 12 heteroatoms. The molecule has 0 bridgehead atoms. The summed E-state index contributed by atoms with van der Waals surface area (Å²) < 4.78 is 60.2. The molecule has 170 valence electrons. The first kappa shape index (κ1) is 22.6. The maximum atomic E-state index is 14.4. The van der Waals surface area contributed by atoms with Crippen molar-refractivity contribution < 1.29 is 37.0 Å². The van der Waals surface area contributed by atoms with Crippen LogP contribution < -0.4 is 9.80 Å². The normalized spacial score (nSPS) is 20.6. The molecular weight excluding hydrogens is 466 g/mol. The standard InChI is InChI=1S/C21H13F4N3O4S/c22-16-8-13(3-4-14(16)17(29)30)28-19(33)27(18(31)20(28)5-6-32-10-20)12-2-1-11(9-26)15(7-12)21(23,24)25/h1-4,7-8H,5-6,10H2,(H,29,30)/t20-/m1/s1. The van der Waals surface area contributed by atoms with Gasteiger partial charge in [0.15, 0.2) is 10.7 Å². The molecule has 0 radical (unpaired) electrons. The molecule has 2 aromatic rings. The van der Waals surface area contributed by atoms with E-state index in [1.165, 1.54) is 23.1 Å². The zero-order chi connectivity index (χ0) is 24.1. The largest absolute Gasteiger partial charge is 0.478 e. The van der Waals surface area contributed by atoms with E-state index in [9.17, 15) is 27.2 Å². The van der Waals surface area contributed by atoms with Crippen LogP contribution in [0.2, 0.25) is 0 Å². The smallest absolute Gasteiger partial charge is 0.417 e. The first-order valence-electron chi connectivity index (χ1n) is 9.42. The fourth-order valence-electron chi connectivity index (χ4n) is 3.98. The lowest BCUT2D eigenvalue weighted by atomic mass is 9.95. The van der Waals surface area contributed by atoms with Crippen molar-refractivity contribution in [3.8, 4) is 6.07 Å². The van der Waals surface area contributed by atoms with Gasteiger partial charge < -0.3 is 14.7 Å². The fraction of sp³-hybridized carbons (Fsp3) is 0.238. The Labute approximate surface area is 189 Å². The number of carboxylic acid groups (broad SMARTS) is 1. The van der Waals surface area contributed by atoms with E-state index in [0.29, 0.717) is 6.07 Å². The lowest BCUT2D eigenvalue weighted by Crippen LogP contribution is -2.50. The molecule has 0 aromatic heterocycles. The van der Waals surface area contributed by atoms with Gasteiger partial charge >= 0.3 is 12.1 Å². The van der Waals surface area contributed by atoms with E-state index in [4.69, 9.17) is 27.3 Å². The van der Waals surface area contributed by atoms with Crippen LogP contribution in [0.5, 0.6) is 0 Å². The molecule has 7 nitrogen and oxygen atoms in total. The molecule has 2 heterocycles. The van der Waals surface area contributed by atoms with E-state index in [-0.39, 0.29) is 36.1 Å². The second kappa shape index (κ2) is 7.79. The Morgan fingerprint density at radius 1 is 1.21 bits per heavy atom. The van der Waals surface area contributed by atoms with Crippen LogP contribution in [0.15, 0.2) is 36.4 Å². The zero-order valence-corrected chi connectivity index (χ0v) is 17.3. The number of thiocarbonyl (C=S) groups is 1. The van der Waals surface area contributed by atoms with Gasteiger partial charge in [0.05, 0.1) is 35.1 Å². The SMILES string of the molecule is N#Cc1ccc(N2C(=O)[C@]3(CCOC3)N(c3ccc(C(=O)O)c(F)c3)C2=S)cc1C(F)(F)F. The molecule has 1 spiro atoms. The lowest BCUT2D eigenvalue weighted by Gasteiger charge is -2.31. The first-order valence-corrected chi connectivity index (χ1v) is 9.83. The van der Waals surface area contributed by atoms with E-state index in [0.717, 1.165) is 23.1 Å². The summed E-state index contributed by atoms with van der Waals surface area (Å²) in [6.07, 6.45) is -4.73. The molecule has 2 aliphatic rings. The van der Waals surface area contributed by atoms with Crippen molar-refractivity contribution in [3.05, 3.63) is 58.9 Å². The number of nitrogens with zero attached hydrogens (tertiary/aromatic N) is 3. The number of aromatic carboxylic acids is 1. The Hall–Kier alpha value is -3.56. The number of nitriles is 1. The number of alkyl halides is 3. The van der Waals surface area contributed by atoms with Crippen LogP contribution in [0.3, 0.4) is 0 Å². The maximum absolute atomic E-state index is 14.4. The molecule has 2 saturated heterocycles. The van der Waals surface area contributed by atoms with Crippen molar-refractivity contribution in [2.45, 2.75) is 18.1 Å². The molecule has 4 rings (SSSR count). The average molecular weight is 479 g/mol. The van der Waals surface area contributed by atoms with Crippen LogP contribution in [0, 0.1) is 17.1 Å². The predicted octanol–water partition coefficient (Wildman–Crippen LogP) is 3.71. The van der Waals surface area contributed by atoms with Gasteiger partial charge in [-0.2, -0.15) is 18.4 Å². The third-order valence-corrected chi connectivity index (χ3v) is 5.91. The summed E-state index contributed by atoms with van der Waals surface area (Å²) in [5.41, 5.74) is -4.05. The van der Waals surface area contributed by atoms with Gasteiger partial charge in [-0.05, 0) is 48.6 Å². The molecular formula is C21H13F4N3O4S. The molecule has 0 unspecified atom stereocenters. The van der Waals surface area contributed by atoms with Crippen LogP contribution in [-0.4, -0.2) is 40.8 Å². The number of carbonyl (C=O) groups is 2. The van der Waals surface area contributed by atoms with Gasteiger partial charge in [-0.1, -0.05) is 0 Å². The van der Waals surface area contributed by atoms with Crippen molar-refractivity contribution in [2.75, 3.05) is 23.0 Å². The molecule has 0 saturated carbocycles. The van der Waals surface area contributed by atoms with E-state index >= 15 is 0 Å². The highest BCUT2D eigenvalue weighted by Crippen LogP contribution is 2.43. The molecule has 0 aliphatic carbocycles. The molecule has 2 aromatic carbocycles. The van der Waals surface area contributed by atoms with Crippen molar-refractivity contribution in [1.29, 1.82) is 5.26 Å². The average Bonchev–Trinajstić information content (AvgIpc) is 3.31. The maximum Gasteiger partial charge on any atom is 0.417 e. The second-order valence-electron chi connectivity index (χ2n) is 7.40. The van der Waals surface area contributed by atoms with E-state index in [2.05, 4.69) is 0 Å². The Morgan fingerprint density at radius 3 is 2.45 bits per heavy atom. The number of carboxylic acids is 1. The van der Waals surface area contributed by atoms with Gasteiger partial charge in [-0.25, -0.2) is 9.18 Å². The molecule has 1 atom stereocenters. The lowest BCUT2D eigenvalue weighted by molar-refractivity contribution is -0.137. The Kier molecular flexibility index (Phi) is 5.34. The predicted molar refractivity (Wildman–Crippen MR) is 110 cm³/mol. The summed E-state index contributed by atoms with van der Waals surface area (Å²) in [5, 5.41) is 17.9. The highest BCUT2D eigenvalue weighted by molar-refractivity contribution is 7.81. The number of hydrogen-bond donors (Lipinski definition) is 1. The number of rotatable bonds is 3. The number of halogens is 4. The van der Waals surface area contributed by atoms with Gasteiger partial charge in [0.25, 0.3) is 5.91 Å². The van der Waals surface area contributed by atoms with Crippen LogP contribution in [-0.2, 0) is 15.7 Å². The number of ether oxygens (including phenoxy) is 1. The number of anilines is 2. The minimum absolute atomic E-state index is 0.0496. The monoisotopic (exact) mass is 479 g/mol. The Morgan fingerprint density at radius 2 is 1.91 bits per heavy atom. The van der Waals surface area contributed by atoms with Gasteiger partial charge in [-0.15, -0.1) is 0 Å². The van der Waals surface area contributed by atoms with Crippen LogP contribution >= 0.6 is 12.2 Å². The fourth-order valence-corrected chi connectivity index (χ4v) is 4.45. The molecule has 2 fully saturated rings. The summed E-state index contributed by atoms with van der Waals surface area (Å²) in [4.78, 5) is 26.8. The van der Waals surface area contributed by atoms with Gasteiger partial charge in [0.2, 0.25) is 0 Å². The highest BCUT2D eigenvalue weighted by atomic mass is 32.1. The van der Waals surface area contributed by atoms with Crippen molar-refractivity contribution in [3.63, 3.8) is 0 Å². The summed E-state index contributed by atoms with van der Waals surface area (Å²) in [6, 6.07) is 7.40. The number of hydrogen-bond acceptors (Lipinski definition) is 5. The van der Waals surface area contributed by atoms with Crippen molar-refractivity contribution in [2.24, 2.45) is 0 Å². The van der Waals surface area contributed by atoms with Crippen LogP contribution in [0.1, 0.15) is 27.9 Å². The van der Waals surface area contributed by atoms with Crippen molar-refractivity contribution >= 4 is 40.6 Å². The molecule has 1 amide bonds. The topological polar surface area (TPSA) is 93.9 Å². The zero-order valence-electron chi connectivity index (χ0n) is 16.5. The Bertz CT molecular complexity index is 1230. The van der Waals surface area contributed by atoms with Crippen molar-refractivity contribution in [1.82, 2.24) is 0 Å². The highest BCUT2D eigenvalue weighted by Gasteiger charge is 2.58.